The number of aliphatic imine (C=N–C) groups is 1. The molecule has 8 heteroatoms. The second-order valence-corrected chi connectivity index (χ2v) is 7.87. The van der Waals surface area contributed by atoms with Gasteiger partial charge in [0.1, 0.15) is 5.01 Å². The quantitative estimate of drug-likeness (QED) is 0.387. The molecule has 1 atom stereocenters. The van der Waals surface area contributed by atoms with Crippen LogP contribution in [0.3, 0.4) is 0 Å². The molecule has 0 saturated carbocycles. The molecule has 2 fully saturated rings. The fourth-order valence-corrected chi connectivity index (χ4v) is 4.54. The van der Waals surface area contributed by atoms with Crippen LogP contribution in [0.1, 0.15) is 11.4 Å². The van der Waals surface area contributed by atoms with E-state index in [0.29, 0.717) is 12.6 Å². The molecule has 1 aromatic heterocycles. The monoisotopic (exact) mass is 513 g/mol. The summed E-state index contributed by atoms with van der Waals surface area (Å²) in [5, 5.41) is 6.70. The molecule has 0 spiro atoms. The highest BCUT2D eigenvalue weighted by Crippen LogP contribution is 2.22. The van der Waals surface area contributed by atoms with Gasteiger partial charge < -0.3 is 15.0 Å². The van der Waals surface area contributed by atoms with Crippen LogP contribution in [0.4, 0.5) is 0 Å². The number of halogens is 1. The van der Waals surface area contributed by atoms with E-state index in [4.69, 9.17) is 9.72 Å². The average molecular weight is 513 g/mol. The van der Waals surface area contributed by atoms with Gasteiger partial charge in [0.25, 0.3) is 0 Å². The summed E-state index contributed by atoms with van der Waals surface area (Å²) in [5.41, 5.74) is 2.21. The molecule has 0 aliphatic carbocycles. The topological polar surface area (TPSA) is 53.0 Å². The van der Waals surface area contributed by atoms with E-state index in [0.717, 1.165) is 61.6 Å². The van der Waals surface area contributed by atoms with Crippen LogP contribution in [-0.2, 0) is 11.3 Å². The molecule has 4 rings (SSSR count). The minimum absolute atomic E-state index is 0. The van der Waals surface area contributed by atoms with Gasteiger partial charge >= 0.3 is 0 Å². The van der Waals surface area contributed by atoms with Gasteiger partial charge in [0, 0.05) is 50.2 Å². The van der Waals surface area contributed by atoms with Gasteiger partial charge in [-0.2, -0.15) is 0 Å². The van der Waals surface area contributed by atoms with Crippen molar-refractivity contribution in [1.82, 2.24) is 20.1 Å². The smallest absolute Gasteiger partial charge is 0.194 e. The molecule has 152 valence electrons. The number of aromatic nitrogens is 1. The first-order valence-corrected chi connectivity index (χ1v) is 10.5. The molecular formula is C20H28IN5OS. The first kappa shape index (κ1) is 21.5. The summed E-state index contributed by atoms with van der Waals surface area (Å²) < 4.78 is 5.48. The third kappa shape index (κ3) is 5.22. The fourth-order valence-electron chi connectivity index (χ4n) is 3.80. The Labute approximate surface area is 188 Å². The number of hydrogen-bond donors (Lipinski definition) is 1. The highest BCUT2D eigenvalue weighted by atomic mass is 127. The lowest BCUT2D eigenvalue weighted by molar-refractivity contribution is 0.0195. The lowest BCUT2D eigenvalue weighted by atomic mass is 10.2. The number of thiazole rings is 1. The Bertz CT molecular complexity index is 763. The first-order chi connectivity index (χ1) is 13.3. The molecule has 1 aromatic carbocycles. The maximum Gasteiger partial charge on any atom is 0.194 e. The fraction of sp³-hybridized carbons (Fsp3) is 0.500. The predicted molar refractivity (Wildman–Crippen MR) is 126 cm³/mol. The number of nitrogens with zero attached hydrogens (tertiary/aromatic N) is 4. The predicted octanol–water partition coefficient (Wildman–Crippen LogP) is 2.91. The van der Waals surface area contributed by atoms with Gasteiger partial charge in [0.05, 0.1) is 25.5 Å². The minimum Gasteiger partial charge on any atom is -0.379 e. The Morgan fingerprint density at radius 2 is 2.04 bits per heavy atom. The van der Waals surface area contributed by atoms with Crippen LogP contribution in [-0.4, -0.2) is 73.2 Å². The molecule has 0 radical (unpaired) electrons. The van der Waals surface area contributed by atoms with E-state index in [-0.39, 0.29) is 24.0 Å². The van der Waals surface area contributed by atoms with E-state index in [2.05, 4.69) is 37.6 Å². The number of hydrogen-bond acceptors (Lipinski definition) is 5. The summed E-state index contributed by atoms with van der Waals surface area (Å²) in [6.45, 7) is 6.61. The first-order valence-electron chi connectivity index (χ1n) is 9.60. The largest absolute Gasteiger partial charge is 0.379 e. The third-order valence-corrected chi connectivity index (χ3v) is 6.10. The standard InChI is InChI=1S/C20H27N5OS.HI/c1-21-20(25-8-7-17(14-25)24-9-11-26-12-10-24)22-13-19-23-18(15-27-19)16-5-3-2-4-6-16;/h2-6,15,17H,7-14H2,1H3,(H,21,22);1H. The van der Waals surface area contributed by atoms with Crippen LogP contribution in [0.15, 0.2) is 40.7 Å². The number of ether oxygens (including phenoxy) is 1. The molecule has 2 aromatic rings. The number of guanidine groups is 1. The summed E-state index contributed by atoms with van der Waals surface area (Å²) in [4.78, 5) is 14.2. The van der Waals surface area contributed by atoms with Gasteiger partial charge in [-0.15, -0.1) is 35.3 Å². The van der Waals surface area contributed by atoms with Crippen molar-refractivity contribution in [3.8, 4) is 11.3 Å². The molecule has 0 amide bonds. The van der Waals surface area contributed by atoms with Gasteiger partial charge in [-0.1, -0.05) is 30.3 Å². The van der Waals surface area contributed by atoms with E-state index >= 15 is 0 Å². The molecular weight excluding hydrogens is 485 g/mol. The summed E-state index contributed by atoms with van der Waals surface area (Å²) in [7, 11) is 1.86. The summed E-state index contributed by atoms with van der Waals surface area (Å²) in [6, 6.07) is 10.9. The Balaban J connectivity index is 0.00000225. The Morgan fingerprint density at radius 3 is 2.79 bits per heavy atom. The van der Waals surface area contributed by atoms with Gasteiger partial charge in [-0.05, 0) is 6.42 Å². The van der Waals surface area contributed by atoms with Crippen molar-refractivity contribution in [2.75, 3.05) is 46.4 Å². The van der Waals surface area contributed by atoms with Crippen molar-refractivity contribution in [1.29, 1.82) is 0 Å². The minimum atomic E-state index is 0. The molecule has 6 nitrogen and oxygen atoms in total. The van der Waals surface area contributed by atoms with Crippen molar-refractivity contribution < 1.29 is 4.74 Å². The van der Waals surface area contributed by atoms with E-state index < -0.39 is 0 Å². The van der Waals surface area contributed by atoms with Crippen molar-refractivity contribution >= 4 is 41.3 Å². The Morgan fingerprint density at radius 1 is 1.25 bits per heavy atom. The van der Waals surface area contributed by atoms with Gasteiger partial charge in [-0.3, -0.25) is 9.89 Å². The summed E-state index contributed by atoms with van der Waals surface area (Å²) in [5.74, 6) is 0.974. The molecule has 2 aliphatic rings. The van der Waals surface area contributed by atoms with Crippen molar-refractivity contribution in [3.05, 3.63) is 40.7 Å². The molecule has 2 aliphatic heterocycles. The van der Waals surface area contributed by atoms with Gasteiger partial charge in [0.15, 0.2) is 5.96 Å². The Kier molecular flexibility index (Phi) is 8.07. The highest BCUT2D eigenvalue weighted by molar-refractivity contribution is 14.0. The Hall–Kier alpha value is -1.23. The SMILES string of the molecule is CN=C(NCc1nc(-c2ccccc2)cs1)N1CCC(N2CCOCC2)C1.I. The molecule has 2 saturated heterocycles. The van der Waals surface area contributed by atoms with Gasteiger partial charge in [-0.25, -0.2) is 4.98 Å². The van der Waals surface area contributed by atoms with Gasteiger partial charge in [0.2, 0.25) is 0 Å². The van der Waals surface area contributed by atoms with Crippen LogP contribution in [0.5, 0.6) is 0 Å². The summed E-state index contributed by atoms with van der Waals surface area (Å²) in [6.07, 6.45) is 1.19. The highest BCUT2D eigenvalue weighted by Gasteiger charge is 2.30. The van der Waals surface area contributed by atoms with Crippen LogP contribution < -0.4 is 5.32 Å². The van der Waals surface area contributed by atoms with Crippen molar-refractivity contribution in [2.45, 2.75) is 19.0 Å². The normalized spacial score (nSPS) is 20.8. The van der Waals surface area contributed by atoms with Crippen LogP contribution in [0.25, 0.3) is 11.3 Å². The zero-order chi connectivity index (χ0) is 18.5. The molecule has 1 N–H and O–H groups in total. The second kappa shape index (κ2) is 10.5. The van der Waals surface area contributed by atoms with E-state index in [1.807, 2.05) is 25.2 Å². The van der Waals surface area contributed by atoms with Crippen molar-refractivity contribution in [2.24, 2.45) is 4.99 Å². The number of rotatable bonds is 4. The second-order valence-electron chi connectivity index (χ2n) is 6.93. The molecule has 28 heavy (non-hydrogen) atoms. The number of nitrogens with one attached hydrogen (secondary N) is 1. The van der Waals surface area contributed by atoms with Crippen LogP contribution in [0.2, 0.25) is 0 Å². The number of benzene rings is 1. The van der Waals surface area contributed by atoms with Crippen molar-refractivity contribution in [3.63, 3.8) is 0 Å². The lowest BCUT2D eigenvalue weighted by Crippen LogP contribution is -2.46. The lowest BCUT2D eigenvalue weighted by Gasteiger charge is -2.32. The third-order valence-electron chi connectivity index (χ3n) is 5.26. The summed E-state index contributed by atoms with van der Waals surface area (Å²) >= 11 is 1.69. The van der Waals surface area contributed by atoms with E-state index in [1.54, 1.807) is 11.3 Å². The molecule has 0 bridgehead atoms. The van der Waals surface area contributed by atoms with Crippen LogP contribution in [0, 0.1) is 0 Å². The maximum atomic E-state index is 5.48. The molecule has 1 unspecified atom stereocenters. The van der Waals surface area contributed by atoms with E-state index in [1.165, 1.54) is 6.42 Å². The number of likely N-dealkylation sites (tertiary alicyclic amines) is 1. The zero-order valence-electron chi connectivity index (χ0n) is 16.2. The average Bonchev–Trinajstić information content (AvgIpc) is 3.40. The zero-order valence-corrected chi connectivity index (χ0v) is 19.4. The number of morpholine rings is 1. The molecule has 3 heterocycles. The van der Waals surface area contributed by atoms with Crippen LogP contribution >= 0.6 is 35.3 Å². The maximum absolute atomic E-state index is 5.48. The van der Waals surface area contributed by atoms with E-state index in [9.17, 15) is 0 Å².